The zero-order chi connectivity index (χ0) is 12.2. The van der Waals surface area contributed by atoms with Crippen molar-refractivity contribution < 1.29 is 0 Å². The summed E-state index contributed by atoms with van der Waals surface area (Å²) in [6, 6.07) is 1.45. The second kappa shape index (κ2) is 6.02. The minimum Gasteiger partial charge on any atom is -0.311 e. The first kappa shape index (κ1) is 14.0. The van der Waals surface area contributed by atoms with Gasteiger partial charge in [-0.25, -0.2) is 0 Å². The molecule has 0 amide bonds. The molecule has 0 spiro atoms. The Morgan fingerprint density at radius 2 is 2.00 bits per heavy atom. The molecule has 16 heavy (non-hydrogen) atoms. The smallest absolute Gasteiger partial charge is 0.0244 e. The molecule has 2 heteroatoms. The van der Waals surface area contributed by atoms with Crippen molar-refractivity contribution in [2.24, 2.45) is 5.41 Å². The number of rotatable bonds is 4. The van der Waals surface area contributed by atoms with Gasteiger partial charge in [-0.3, -0.25) is 4.90 Å². The maximum atomic E-state index is 3.67. The van der Waals surface area contributed by atoms with Gasteiger partial charge in [0.25, 0.3) is 0 Å². The quantitative estimate of drug-likeness (QED) is 0.793. The molecule has 1 saturated heterocycles. The summed E-state index contributed by atoms with van der Waals surface area (Å²) >= 11 is 0. The molecule has 0 bridgehead atoms. The predicted molar refractivity (Wildman–Crippen MR) is 71.8 cm³/mol. The maximum Gasteiger partial charge on any atom is 0.0244 e. The molecule has 1 aliphatic rings. The zero-order valence-corrected chi connectivity index (χ0v) is 11.8. The van der Waals surface area contributed by atoms with E-state index in [0.29, 0.717) is 11.5 Å². The summed E-state index contributed by atoms with van der Waals surface area (Å²) in [6.07, 6.45) is 3.96. The second-order valence-electron chi connectivity index (χ2n) is 6.22. The first-order chi connectivity index (χ1) is 7.49. The van der Waals surface area contributed by atoms with E-state index in [1.54, 1.807) is 0 Å². The average molecular weight is 226 g/mol. The van der Waals surface area contributed by atoms with Crippen molar-refractivity contribution in [3.63, 3.8) is 0 Å². The highest BCUT2D eigenvalue weighted by molar-refractivity contribution is 4.89. The number of nitrogens with zero attached hydrogens (tertiary/aromatic N) is 1. The van der Waals surface area contributed by atoms with Gasteiger partial charge in [0, 0.05) is 31.7 Å². The van der Waals surface area contributed by atoms with Crippen LogP contribution in [0.25, 0.3) is 0 Å². The molecule has 1 N–H and O–H groups in total. The lowest BCUT2D eigenvalue weighted by Crippen LogP contribution is -2.58. The van der Waals surface area contributed by atoms with Crippen molar-refractivity contribution in [1.29, 1.82) is 0 Å². The predicted octanol–water partition coefficient (Wildman–Crippen LogP) is 2.89. The van der Waals surface area contributed by atoms with Gasteiger partial charge in [-0.05, 0) is 18.3 Å². The maximum absolute atomic E-state index is 3.67. The molecule has 0 aromatic rings. The molecule has 2 nitrogen and oxygen atoms in total. The lowest BCUT2D eigenvalue weighted by molar-refractivity contribution is 0.0914. The van der Waals surface area contributed by atoms with Crippen LogP contribution in [-0.2, 0) is 0 Å². The van der Waals surface area contributed by atoms with E-state index in [1.807, 2.05) is 0 Å². The summed E-state index contributed by atoms with van der Waals surface area (Å²) in [5.41, 5.74) is 0.378. The Labute approximate surface area is 102 Å². The highest BCUT2D eigenvalue weighted by atomic mass is 15.2. The SMILES string of the molecule is CCCC(CC)N1CCNC(C(C)(C)C)C1. The fraction of sp³-hybridized carbons (Fsp3) is 1.00. The molecule has 0 aliphatic carbocycles. The van der Waals surface area contributed by atoms with E-state index in [4.69, 9.17) is 0 Å². The molecule has 2 atom stereocenters. The van der Waals surface area contributed by atoms with Crippen molar-refractivity contribution >= 4 is 0 Å². The lowest BCUT2D eigenvalue weighted by Gasteiger charge is -2.43. The van der Waals surface area contributed by atoms with Gasteiger partial charge in [-0.15, -0.1) is 0 Å². The molecule has 2 unspecified atom stereocenters. The fourth-order valence-electron chi connectivity index (χ4n) is 2.66. The minimum atomic E-state index is 0.378. The summed E-state index contributed by atoms with van der Waals surface area (Å²) in [7, 11) is 0. The van der Waals surface area contributed by atoms with Crippen molar-refractivity contribution in [2.75, 3.05) is 19.6 Å². The van der Waals surface area contributed by atoms with Crippen LogP contribution < -0.4 is 5.32 Å². The molecule has 1 rings (SSSR count). The van der Waals surface area contributed by atoms with Crippen LogP contribution in [-0.4, -0.2) is 36.6 Å². The van der Waals surface area contributed by atoms with E-state index in [-0.39, 0.29) is 0 Å². The molecule has 96 valence electrons. The van der Waals surface area contributed by atoms with Gasteiger partial charge in [0.2, 0.25) is 0 Å². The van der Waals surface area contributed by atoms with Crippen molar-refractivity contribution in [3.8, 4) is 0 Å². The Bertz CT molecular complexity index is 195. The summed E-state index contributed by atoms with van der Waals surface area (Å²) in [5, 5.41) is 3.67. The van der Waals surface area contributed by atoms with Gasteiger partial charge in [0.15, 0.2) is 0 Å². The summed E-state index contributed by atoms with van der Waals surface area (Å²) in [4.78, 5) is 2.70. The van der Waals surface area contributed by atoms with Crippen LogP contribution in [0.3, 0.4) is 0 Å². The van der Waals surface area contributed by atoms with E-state index in [1.165, 1.54) is 32.4 Å². The first-order valence-electron chi connectivity index (χ1n) is 6.96. The molecular formula is C14H30N2. The van der Waals surface area contributed by atoms with Gasteiger partial charge in [0.05, 0.1) is 0 Å². The van der Waals surface area contributed by atoms with Gasteiger partial charge in [-0.2, -0.15) is 0 Å². The Morgan fingerprint density at radius 1 is 1.31 bits per heavy atom. The molecule has 1 heterocycles. The third kappa shape index (κ3) is 3.74. The van der Waals surface area contributed by atoms with Crippen LogP contribution in [0.5, 0.6) is 0 Å². The minimum absolute atomic E-state index is 0.378. The zero-order valence-electron chi connectivity index (χ0n) is 11.8. The van der Waals surface area contributed by atoms with E-state index < -0.39 is 0 Å². The van der Waals surface area contributed by atoms with E-state index in [9.17, 15) is 0 Å². The highest BCUT2D eigenvalue weighted by Gasteiger charge is 2.31. The monoisotopic (exact) mass is 226 g/mol. The highest BCUT2D eigenvalue weighted by Crippen LogP contribution is 2.24. The normalized spacial score (nSPS) is 25.7. The molecule has 1 aliphatic heterocycles. The van der Waals surface area contributed by atoms with Gasteiger partial charge < -0.3 is 5.32 Å². The Hall–Kier alpha value is -0.0800. The molecular weight excluding hydrogens is 196 g/mol. The van der Waals surface area contributed by atoms with Crippen molar-refractivity contribution in [2.45, 2.75) is 66.0 Å². The standard InChI is InChI=1S/C14H30N2/c1-6-8-12(7-2)16-10-9-15-13(11-16)14(3,4)5/h12-13,15H,6-11H2,1-5H3. The van der Waals surface area contributed by atoms with E-state index >= 15 is 0 Å². The van der Waals surface area contributed by atoms with Crippen LogP contribution in [0.4, 0.5) is 0 Å². The largest absolute Gasteiger partial charge is 0.311 e. The third-order valence-corrected chi connectivity index (χ3v) is 3.86. The first-order valence-corrected chi connectivity index (χ1v) is 6.96. The molecule has 0 radical (unpaired) electrons. The van der Waals surface area contributed by atoms with E-state index in [0.717, 1.165) is 12.6 Å². The molecule has 0 aromatic heterocycles. The third-order valence-electron chi connectivity index (χ3n) is 3.86. The summed E-state index contributed by atoms with van der Waals surface area (Å²) in [6.45, 7) is 15.3. The van der Waals surface area contributed by atoms with Crippen LogP contribution in [0.1, 0.15) is 53.9 Å². The van der Waals surface area contributed by atoms with Crippen molar-refractivity contribution in [3.05, 3.63) is 0 Å². The molecule has 1 fully saturated rings. The number of nitrogens with one attached hydrogen (secondary N) is 1. The topological polar surface area (TPSA) is 15.3 Å². The fourth-order valence-corrected chi connectivity index (χ4v) is 2.66. The van der Waals surface area contributed by atoms with Gasteiger partial charge in [-0.1, -0.05) is 41.0 Å². The van der Waals surface area contributed by atoms with Crippen LogP contribution >= 0.6 is 0 Å². The summed E-state index contributed by atoms with van der Waals surface area (Å²) in [5.74, 6) is 0. The van der Waals surface area contributed by atoms with Gasteiger partial charge in [0.1, 0.15) is 0 Å². The molecule has 0 aromatic carbocycles. The molecule has 0 saturated carbocycles. The van der Waals surface area contributed by atoms with Gasteiger partial charge >= 0.3 is 0 Å². The lowest BCUT2D eigenvalue weighted by atomic mass is 9.85. The van der Waals surface area contributed by atoms with Crippen LogP contribution in [0, 0.1) is 5.41 Å². The van der Waals surface area contributed by atoms with Crippen molar-refractivity contribution in [1.82, 2.24) is 10.2 Å². The average Bonchev–Trinajstić information content (AvgIpc) is 2.25. The van der Waals surface area contributed by atoms with Crippen LogP contribution in [0.2, 0.25) is 0 Å². The number of hydrogen-bond donors (Lipinski definition) is 1. The number of piperazine rings is 1. The second-order valence-corrected chi connectivity index (χ2v) is 6.22. The Morgan fingerprint density at radius 3 is 2.50 bits per heavy atom. The van der Waals surface area contributed by atoms with Crippen LogP contribution in [0.15, 0.2) is 0 Å². The van der Waals surface area contributed by atoms with E-state index in [2.05, 4.69) is 44.8 Å². The Balaban J connectivity index is 2.55. The number of hydrogen-bond acceptors (Lipinski definition) is 2. The summed E-state index contributed by atoms with van der Waals surface area (Å²) < 4.78 is 0. The Kier molecular flexibility index (Phi) is 5.26.